The molecular weight excluding hydrogens is 410 g/mol. The molecule has 0 N–H and O–H groups in total. The van der Waals surface area contributed by atoms with Crippen LogP contribution >= 0.6 is 0 Å². The van der Waals surface area contributed by atoms with Gasteiger partial charge < -0.3 is 14.2 Å². The SMILES string of the molecule is C=CCN1CC(c2nc3ccccc3n2CCCCOc2ccc(C(C)(C)C)cc2)CC1=O. The van der Waals surface area contributed by atoms with Gasteiger partial charge in [0.2, 0.25) is 5.91 Å². The van der Waals surface area contributed by atoms with Crippen LogP contribution in [0.4, 0.5) is 0 Å². The van der Waals surface area contributed by atoms with Gasteiger partial charge in [-0.3, -0.25) is 4.79 Å². The number of fused-ring (bicyclic) bond motifs is 1. The second-order valence-corrected chi connectivity index (χ2v) is 9.93. The quantitative estimate of drug-likeness (QED) is 0.314. The molecule has 1 aliphatic rings. The molecular formula is C28H35N3O2. The molecule has 1 unspecified atom stereocenters. The van der Waals surface area contributed by atoms with Gasteiger partial charge in [-0.05, 0) is 48.1 Å². The maximum Gasteiger partial charge on any atom is 0.223 e. The summed E-state index contributed by atoms with van der Waals surface area (Å²) in [5.41, 5.74) is 3.60. The zero-order chi connectivity index (χ0) is 23.4. The second kappa shape index (κ2) is 9.82. The molecule has 33 heavy (non-hydrogen) atoms. The van der Waals surface area contributed by atoms with Crippen LogP contribution in [0.15, 0.2) is 61.2 Å². The Morgan fingerprint density at radius 3 is 2.61 bits per heavy atom. The number of ether oxygens (including phenoxy) is 1. The van der Waals surface area contributed by atoms with E-state index in [9.17, 15) is 4.79 Å². The highest BCUT2D eigenvalue weighted by atomic mass is 16.5. The third kappa shape index (κ3) is 5.29. The van der Waals surface area contributed by atoms with E-state index in [1.165, 1.54) is 5.56 Å². The van der Waals surface area contributed by atoms with Gasteiger partial charge in [0.25, 0.3) is 0 Å². The average molecular weight is 446 g/mol. The number of unbranched alkanes of at least 4 members (excludes halogenated alkanes) is 1. The number of carbonyl (C=O) groups excluding carboxylic acids is 1. The van der Waals surface area contributed by atoms with Gasteiger partial charge in [0.05, 0.1) is 17.6 Å². The smallest absolute Gasteiger partial charge is 0.223 e. The van der Waals surface area contributed by atoms with Gasteiger partial charge in [0.1, 0.15) is 11.6 Å². The van der Waals surface area contributed by atoms with Crippen LogP contribution in [0, 0.1) is 0 Å². The standard InChI is InChI=1S/C28H35N3O2/c1-5-16-30-20-21(19-26(30)32)27-29-24-10-6-7-11-25(24)31(27)17-8-9-18-33-23-14-12-22(13-15-23)28(2,3)4/h5-7,10-15,21H,1,8-9,16-20H2,2-4H3. The van der Waals surface area contributed by atoms with Crippen molar-refractivity contribution >= 4 is 16.9 Å². The van der Waals surface area contributed by atoms with Crippen molar-refractivity contribution in [3.8, 4) is 5.75 Å². The van der Waals surface area contributed by atoms with Gasteiger partial charge in [-0.15, -0.1) is 6.58 Å². The number of para-hydroxylation sites is 2. The molecule has 3 aromatic rings. The van der Waals surface area contributed by atoms with E-state index in [4.69, 9.17) is 9.72 Å². The van der Waals surface area contributed by atoms with Crippen LogP contribution in [-0.4, -0.2) is 40.1 Å². The minimum Gasteiger partial charge on any atom is -0.494 e. The molecule has 2 heterocycles. The molecule has 0 radical (unpaired) electrons. The average Bonchev–Trinajstić information content (AvgIpc) is 3.34. The second-order valence-electron chi connectivity index (χ2n) is 9.93. The van der Waals surface area contributed by atoms with Gasteiger partial charge in [-0.1, -0.05) is 51.1 Å². The lowest BCUT2D eigenvalue weighted by molar-refractivity contribution is -0.127. The number of likely N-dealkylation sites (tertiary alicyclic amines) is 1. The molecule has 2 aromatic carbocycles. The Labute approximate surface area is 197 Å². The molecule has 1 aromatic heterocycles. The molecule has 0 bridgehead atoms. The van der Waals surface area contributed by atoms with Crippen molar-refractivity contribution < 1.29 is 9.53 Å². The van der Waals surface area contributed by atoms with Crippen molar-refractivity contribution in [2.24, 2.45) is 0 Å². The van der Waals surface area contributed by atoms with E-state index in [0.29, 0.717) is 26.1 Å². The van der Waals surface area contributed by atoms with Crippen LogP contribution in [0.5, 0.6) is 5.75 Å². The van der Waals surface area contributed by atoms with Gasteiger partial charge in [-0.25, -0.2) is 4.98 Å². The van der Waals surface area contributed by atoms with Crippen molar-refractivity contribution in [3.05, 3.63) is 72.6 Å². The fourth-order valence-corrected chi connectivity index (χ4v) is 4.53. The van der Waals surface area contributed by atoms with E-state index in [1.54, 1.807) is 6.08 Å². The van der Waals surface area contributed by atoms with Crippen molar-refractivity contribution in [1.82, 2.24) is 14.5 Å². The van der Waals surface area contributed by atoms with Crippen molar-refractivity contribution in [2.45, 2.75) is 57.9 Å². The van der Waals surface area contributed by atoms with E-state index in [1.807, 2.05) is 11.0 Å². The highest BCUT2D eigenvalue weighted by molar-refractivity contribution is 5.81. The Morgan fingerprint density at radius 1 is 1.12 bits per heavy atom. The number of hydrogen-bond donors (Lipinski definition) is 0. The van der Waals surface area contributed by atoms with Gasteiger partial charge in [0, 0.05) is 32.0 Å². The number of carbonyl (C=O) groups is 1. The summed E-state index contributed by atoms with van der Waals surface area (Å²) in [4.78, 5) is 19.2. The lowest BCUT2D eigenvalue weighted by atomic mass is 9.87. The Hall–Kier alpha value is -3.08. The van der Waals surface area contributed by atoms with Crippen LogP contribution in [0.1, 0.15) is 57.3 Å². The number of benzene rings is 2. The summed E-state index contributed by atoms with van der Waals surface area (Å²) < 4.78 is 8.29. The zero-order valence-corrected chi connectivity index (χ0v) is 20.1. The number of aromatic nitrogens is 2. The van der Waals surface area contributed by atoms with E-state index in [0.717, 1.165) is 42.0 Å². The molecule has 0 spiro atoms. The number of imidazole rings is 1. The monoisotopic (exact) mass is 445 g/mol. The first-order chi connectivity index (χ1) is 15.9. The van der Waals surface area contributed by atoms with E-state index >= 15 is 0 Å². The molecule has 0 aliphatic carbocycles. The minimum absolute atomic E-state index is 0.127. The summed E-state index contributed by atoms with van der Waals surface area (Å²) in [5.74, 6) is 2.25. The molecule has 174 valence electrons. The number of hydrogen-bond acceptors (Lipinski definition) is 3. The normalized spacial score (nSPS) is 16.5. The van der Waals surface area contributed by atoms with Gasteiger partial charge in [0.15, 0.2) is 0 Å². The molecule has 0 saturated carbocycles. The summed E-state index contributed by atoms with van der Waals surface area (Å²) >= 11 is 0. The van der Waals surface area contributed by atoms with Gasteiger partial charge >= 0.3 is 0 Å². The number of nitrogens with zero attached hydrogens (tertiary/aromatic N) is 3. The van der Waals surface area contributed by atoms with Crippen LogP contribution in [0.25, 0.3) is 11.0 Å². The molecule has 4 rings (SSSR count). The molecule has 5 heteroatoms. The Kier molecular flexibility index (Phi) is 6.87. The predicted octanol–water partition coefficient (Wildman–Crippen LogP) is 5.69. The highest BCUT2D eigenvalue weighted by Gasteiger charge is 2.33. The Bertz CT molecular complexity index is 1110. The number of rotatable bonds is 9. The zero-order valence-electron chi connectivity index (χ0n) is 20.1. The van der Waals surface area contributed by atoms with Crippen LogP contribution in [0.2, 0.25) is 0 Å². The summed E-state index contributed by atoms with van der Waals surface area (Å²) in [5, 5.41) is 0. The first-order valence-corrected chi connectivity index (χ1v) is 11.9. The largest absolute Gasteiger partial charge is 0.494 e. The molecule has 5 nitrogen and oxygen atoms in total. The Morgan fingerprint density at radius 2 is 1.88 bits per heavy atom. The minimum atomic E-state index is 0.127. The topological polar surface area (TPSA) is 47.4 Å². The molecule has 1 saturated heterocycles. The fourth-order valence-electron chi connectivity index (χ4n) is 4.53. The lowest BCUT2D eigenvalue weighted by Gasteiger charge is -2.19. The van der Waals surface area contributed by atoms with Crippen molar-refractivity contribution in [1.29, 1.82) is 0 Å². The van der Waals surface area contributed by atoms with Gasteiger partial charge in [-0.2, -0.15) is 0 Å². The highest BCUT2D eigenvalue weighted by Crippen LogP contribution is 2.31. The molecule has 1 fully saturated rings. The van der Waals surface area contributed by atoms with Crippen LogP contribution in [-0.2, 0) is 16.8 Å². The summed E-state index contributed by atoms with van der Waals surface area (Å²) in [6.07, 6.45) is 4.26. The first-order valence-electron chi connectivity index (χ1n) is 11.9. The third-order valence-electron chi connectivity index (χ3n) is 6.38. The fraction of sp³-hybridized carbons (Fsp3) is 0.429. The maximum atomic E-state index is 12.4. The van der Waals surface area contributed by atoms with Crippen molar-refractivity contribution in [2.75, 3.05) is 19.7 Å². The lowest BCUT2D eigenvalue weighted by Crippen LogP contribution is -2.25. The first kappa shape index (κ1) is 23.1. The number of amides is 1. The van der Waals surface area contributed by atoms with Crippen LogP contribution in [0.3, 0.4) is 0 Å². The Balaban J connectivity index is 1.38. The van der Waals surface area contributed by atoms with Crippen LogP contribution < -0.4 is 4.74 Å². The molecule has 1 amide bonds. The van der Waals surface area contributed by atoms with E-state index in [2.05, 4.69) is 74.4 Å². The number of aryl methyl sites for hydroxylation is 1. The summed E-state index contributed by atoms with van der Waals surface area (Å²) in [7, 11) is 0. The third-order valence-corrected chi connectivity index (χ3v) is 6.38. The summed E-state index contributed by atoms with van der Waals surface area (Å²) in [6, 6.07) is 16.7. The van der Waals surface area contributed by atoms with E-state index < -0.39 is 0 Å². The molecule has 1 atom stereocenters. The maximum absolute atomic E-state index is 12.4. The summed E-state index contributed by atoms with van der Waals surface area (Å²) in [6.45, 7) is 13.3. The molecule has 1 aliphatic heterocycles. The van der Waals surface area contributed by atoms with E-state index in [-0.39, 0.29) is 17.2 Å². The van der Waals surface area contributed by atoms with Crippen molar-refractivity contribution in [3.63, 3.8) is 0 Å². The predicted molar refractivity (Wildman–Crippen MR) is 134 cm³/mol.